The molecule has 0 atom stereocenters. The van der Waals surface area contributed by atoms with Crippen LogP contribution in [0, 0.1) is 0 Å². The number of nitrogens with zero attached hydrogens (tertiary/aromatic N) is 1. The van der Waals surface area contributed by atoms with Crippen molar-refractivity contribution in [3.8, 4) is 5.75 Å². The van der Waals surface area contributed by atoms with Crippen LogP contribution >= 0.6 is 31.9 Å². The van der Waals surface area contributed by atoms with Crippen molar-refractivity contribution < 1.29 is 14.3 Å². The third kappa shape index (κ3) is 5.37. The number of esters is 1. The first-order chi connectivity index (χ1) is 13.5. The molecular weight excluding hydrogens is 488 g/mol. The molecule has 0 fully saturated rings. The number of halogens is 2. The van der Waals surface area contributed by atoms with Crippen molar-refractivity contribution in [2.45, 2.75) is 0 Å². The average Bonchev–Trinajstić information content (AvgIpc) is 2.70. The van der Waals surface area contributed by atoms with Crippen molar-refractivity contribution in [1.29, 1.82) is 0 Å². The topological polar surface area (TPSA) is 67.8 Å². The van der Waals surface area contributed by atoms with Gasteiger partial charge in [-0.15, -0.1) is 0 Å². The lowest BCUT2D eigenvalue weighted by Gasteiger charge is -2.05. The quantitative estimate of drug-likeness (QED) is 0.226. The fourth-order valence-corrected chi connectivity index (χ4v) is 2.97. The SMILES string of the molecule is O=C(Oc1ccc(/C=N\NC(=O)c2ccccc2Br)cc1)c1ccc(Br)cc1. The number of hydrogen-bond acceptors (Lipinski definition) is 4. The Morgan fingerprint density at radius 1 is 0.893 bits per heavy atom. The van der Waals surface area contributed by atoms with Gasteiger partial charge in [0.05, 0.1) is 17.3 Å². The smallest absolute Gasteiger partial charge is 0.343 e. The van der Waals surface area contributed by atoms with Gasteiger partial charge in [-0.2, -0.15) is 5.10 Å². The van der Waals surface area contributed by atoms with Gasteiger partial charge in [0.2, 0.25) is 0 Å². The first kappa shape index (κ1) is 20.0. The molecular formula is C21H14Br2N2O3. The van der Waals surface area contributed by atoms with Crippen LogP contribution in [0.25, 0.3) is 0 Å². The van der Waals surface area contributed by atoms with Crippen molar-refractivity contribution in [3.05, 3.63) is 98.4 Å². The summed E-state index contributed by atoms with van der Waals surface area (Å²) >= 11 is 6.65. The number of carbonyl (C=O) groups is 2. The van der Waals surface area contributed by atoms with Crippen LogP contribution in [0.2, 0.25) is 0 Å². The Kier molecular flexibility index (Phi) is 6.73. The first-order valence-corrected chi connectivity index (χ1v) is 9.77. The van der Waals surface area contributed by atoms with Gasteiger partial charge in [-0.1, -0.05) is 28.1 Å². The van der Waals surface area contributed by atoms with Crippen LogP contribution in [-0.2, 0) is 0 Å². The van der Waals surface area contributed by atoms with Crippen LogP contribution in [0.4, 0.5) is 0 Å². The maximum Gasteiger partial charge on any atom is 0.343 e. The Bertz CT molecular complexity index is 1020. The van der Waals surface area contributed by atoms with Crippen molar-refractivity contribution in [2.75, 3.05) is 0 Å². The number of amides is 1. The maximum absolute atomic E-state index is 12.1. The molecule has 0 unspecified atom stereocenters. The number of nitrogens with one attached hydrogen (secondary N) is 1. The van der Waals surface area contributed by atoms with E-state index in [1.165, 1.54) is 6.21 Å². The fourth-order valence-electron chi connectivity index (χ4n) is 2.24. The molecule has 1 N–H and O–H groups in total. The molecule has 3 aromatic rings. The van der Waals surface area contributed by atoms with E-state index in [1.54, 1.807) is 66.7 Å². The van der Waals surface area contributed by atoms with Gasteiger partial charge in [0.15, 0.2) is 0 Å². The van der Waals surface area contributed by atoms with E-state index in [1.807, 2.05) is 6.07 Å². The molecule has 3 rings (SSSR count). The number of ether oxygens (including phenoxy) is 1. The van der Waals surface area contributed by atoms with Crippen molar-refractivity contribution >= 4 is 50.0 Å². The maximum atomic E-state index is 12.1. The van der Waals surface area contributed by atoms with Crippen LogP contribution in [0.5, 0.6) is 5.75 Å². The van der Waals surface area contributed by atoms with E-state index in [-0.39, 0.29) is 5.91 Å². The predicted octanol–water partition coefficient (Wildman–Crippen LogP) is 5.19. The van der Waals surface area contributed by atoms with Crippen molar-refractivity contribution in [3.63, 3.8) is 0 Å². The van der Waals surface area contributed by atoms with E-state index in [2.05, 4.69) is 42.4 Å². The lowest BCUT2D eigenvalue weighted by Crippen LogP contribution is -2.18. The molecule has 0 saturated carbocycles. The summed E-state index contributed by atoms with van der Waals surface area (Å²) in [6, 6.07) is 20.8. The summed E-state index contributed by atoms with van der Waals surface area (Å²) in [5, 5.41) is 3.95. The fraction of sp³-hybridized carbons (Fsp3) is 0. The van der Waals surface area contributed by atoms with Gasteiger partial charge in [-0.3, -0.25) is 4.79 Å². The minimum absolute atomic E-state index is 0.316. The molecule has 0 saturated heterocycles. The minimum atomic E-state index is -0.436. The summed E-state index contributed by atoms with van der Waals surface area (Å²) in [5.74, 6) is -0.333. The average molecular weight is 502 g/mol. The Hall–Kier alpha value is -2.77. The van der Waals surface area contributed by atoms with Gasteiger partial charge in [0.1, 0.15) is 5.75 Å². The lowest BCUT2D eigenvalue weighted by molar-refractivity contribution is 0.0734. The summed E-state index contributed by atoms with van der Waals surface area (Å²) in [4.78, 5) is 24.2. The van der Waals surface area contributed by atoms with Gasteiger partial charge in [0, 0.05) is 8.95 Å². The normalized spacial score (nSPS) is 10.6. The van der Waals surface area contributed by atoms with Gasteiger partial charge < -0.3 is 4.74 Å². The molecule has 0 bridgehead atoms. The van der Waals surface area contributed by atoms with Gasteiger partial charge >= 0.3 is 5.97 Å². The molecule has 0 aliphatic carbocycles. The van der Waals surface area contributed by atoms with E-state index in [9.17, 15) is 9.59 Å². The van der Waals surface area contributed by atoms with Gasteiger partial charge in [-0.25, -0.2) is 10.2 Å². The number of benzene rings is 3. The highest BCUT2D eigenvalue weighted by molar-refractivity contribution is 9.10. The van der Waals surface area contributed by atoms with E-state index in [0.29, 0.717) is 21.3 Å². The Labute approximate surface area is 178 Å². The van der Waals surface area contributed by atoms with E-state index in [4.69, 9.17) is 4.74 Å². The molecule has 0 heterocycles. The number of hydrazone groups is 1. The van der Waals surface area contributed by atoms with Gasteiger partial charge in [0.25, 0.3) is 5.91 Å². The zero-order valence-corrected chi connectivity index (χ0v) is 17.6. The standard InChI is InChI=1S/C21H14Br2N2O3/c22-16-9-7-15(8-10-16)21(27)28-17-11-5-14(6-12-17)13-24-25-20(26)18-3-1-2-4-19(18)23/h1-13H,(H,25,26)/b24-13-. The predicted molar refractivity (Wildman–Crippen MR) is 115 cm³/mol. The molecule has 0 aliphatic heterocycles. The van der Waals surface area contributed by atoms with E-state index >= 15 is 0 Å². The number of hydrogen-bond donors (Lipinski definition) is 1. The van der Waals surface area contributed by atoms with Crippen LogP contribution in [0.15, 0.2) is 86.8 Å². The van der Waals surface area contributed by atoms with E-state index < -0.39 is 5.97 Å². The molecule has 28 heavy (non-hydrogen) atoms. The molecule has 0 radical (unpaired) electrons. The highest BCUT2D eigenvalue weighted by Crippen LogP contribution is 2.16. The second-order valence-electron chi connectivity index (χ2n) is 5.64. The largest absolute Gasteiger partial charge is 0.423 e. The highest BCUT2D eigenvalue weighted by Gasteiger charge is 2.09. The molecule has 5 nitrogen and oxygen atoms in total. The molecule has 3 aromatic carbocycles. The van der Waals surface area contributed by atoms with E-state index in [0.717, 1.165) is 10.0 Å². The molecule has 140 valence electrons. The molecule has 0 spiro atoms. The Morgan fingerprint density at radius 3 is 2.25 bits per heavy atom. The zero-order valence-electron chi connectivity index (χ0n) is 14.4. The van der Waals surface area contributed by atoms with Crippen LogP contribution < -0.4 is 10.2 Å². The van der Waals surface area contributed by atoms with Crippen LogP contribution in [-0.4, -0.2) is 18.1 Å². The lowest BCUT2D eigenvalue weighted by atomic mass is 10.2. The monoisotopic (exact) mass is 500 g/mol. The van der Waals surface area contributed by atoms with Crippen LogP contribution in [0.1, 0.15) is 26.3 Å². The number of rotatable bonds is 5. The third-order valence-corrected chi connectivity index (χ3v) is 4.89. The summed E-state index contributed by atoms with van der Waals surface area (Å²) in [5.41, 5.74) is 4.18. The first-order valence-electron chi connectivity index (χ1n) is 8.19. The second-order valence-corrected chi connectivity index (χ2v) is 7.41. The van der Waals surface area contributed by atoms with Gasteiger partial charge in [-0.05, 0) is 82.2 Å². The molecule has 0 aliphatic rings. The molecule has 0 aromatic heterocycles. The minimum Gasteiger partial charge on any atom is -0.423 e. The Balaban J connectivity index is 1.57. The number of carbonyl (C=O) groups excluding carboxylic acids is 2. The second kappa shape index (κ2) is 9.43. The summed E-state index contributed by atoms with van der Waals surface area (Å²) in [6.07, 6.45) is 1.51. The molecule has 1 amide bonds. The zero-order chi connectivity index (χ0) is 19.9. The Morgan fingerprint density at radius 2 is 1.57 bits per heavy atom. The molecule has 7 heteroatoms. The highest BCUT2D eigenvalue weighted by atomic mass is 79.9. The van der Waals surface area contributed by atoms with Crippen molar-refractivity contribution in [2.24, 2.45) is 5.10 Å². The summed E-state index contributed by atoms with van der Waals surface area (Å²) in [7, 11) is 0. The van der Waals surface area contributed by atoms with Crippen molar-refractivity contribution in [1.82, 2.24) is 5.43 Å². The summed E-state index contributed by atoms with van der Waals surface area (Å²) in [6.45, 7) is 0. The van der Waals surface area contributed by atoms with Crippen LogP contribution in [0.3, 0.4) is 0 Å². The summed E-state index contributed by atoms with van der Waals surface area (Å²) < 4.78 is 6.92. The third-order valence-electron chi connectivity index (χ3n) is 3.67.